The van der Waals surface area contributed by atoms with E-state index in [-0.39, 0.29) is 11.7 Å². The van der Waals surface area contributed by atoms with Gasteiger partial charge in [0.2, 0.25) is 5.91 Å². The lowest BCUT2D eigenvalue weighted by Crippen LogP contribution is -2.37. The Hall–Kier alpha value is -1.79. The summed E-state index contributed by atoms with van der Waals surface area (Å²) in [4.78, 5) is 18.9. The molecule has 6 heteroatoms. The summed E-state index contributed by atoms with van der Waals surface area (Å²) in [6, 6.07) is 5.61. The number of aromatic nitrogens is 1. The summed E-state index contributed by atoms with van der Waals surface area (Å²) in [6.45, 7) is 4.77. The highest BCUT2D eigenvalue weighted by atomic mass is 32.1. The second kappa shape index (κ2) is 8.35. The maximum atomic E-state index is 13.1. The Kier molecular flexibility index (Phi) is 6.45. The zero-order valence-electron chi connectivity index (χ0n) is 14.5. The molecule has 0 aliphatic rings. The number of amides is 1. The molecule has 1 amide bonds. The first kappa shape index (κ1) is 18.5. The number of nitrogens with one attached hydrogen (secondary N) is 1. The summed E-state index contributed by atoms with van der Waals surface area (Å²) in [6.07, 6.45) is 0.707. The van der Waals surface area contributed by atoms with Gasteiger partial charge in [-0.15, -0.1) is 11.3 Å². The van der Waals surface area contributed by atoms with Gasteiger partial charge in [-0.25, -0.2) is 9.37 Å². The summed E-state index contributed by atoms with van der Waals surface area (Å²) < 4.78 is 13.1. The third-order valence-electron chi connectivity index (χ3n) is 3.69. The second-order valence-corrected chi connectivity index (χ2v) is 7.18. The number of carbonyl (C=O) groups excluding carboxylic acids is 1. The number of carbonyl (C=O) groups is 1. The molecule has 1 aromatic carbocycles. The van der Waals surface area contributed by atoms with Crippen LogP contribution in [0.25, 0.3) is 0 Å². The zero-order chi connectivity index (χ0) is 17.7. The van der Waals surface area contributed by atoms with Gasteiger partial charge in [-0.3, -0.25) is 9.69 Å². The normalized spacial score (nSPS) is 12.6. The van der Waals surface area contributed by atoms with Crippen molar-refractivity contribution in [2.24, 2.45) is 0 Å². The van der Waals surface area contributed by atoms with Crippen LogP contribution in [0.15, 0.2) is 29.6 Å². The number of rotatable bonds is 7. The Labute approximate surface area is 146 Å². The minimum absolute atomic E-state index is 0.0917. The van der Waals surface area contributed by atoms with E-state index >= 15 is 0 Å². The molecule has 130 valence electrons. The van der Waals surface area contributed by atoms with Crippen molar-refractivity contribution in [2.45, 2.75) is 32.2 Å². The Morgan fingerprint density at radius 2 is 1.96 bits per heavy atom. The van der Waals surface area contributed by atoms with Crippen molar-refractivity contribution in [3.63, 3.8) is 0 Å². The van der Waals surface area contributed by atoms with Crippen molar-refractivity contribution >= 4 is 17.2 Å². The molecule has 2 rings (SSSR count). The lowest BCUT2D eigenvalue weighted by molar-refractivity contribution is -0.125. The van der Waals surface area contributed by atoms with Gasteiger partial charge in [-0.2, -0.15) is 0 Å². The van der Waals surface area contributed by atoms with Crippen molar-refractivity contribution in [3.05, 3.63) is 51.7 Å². The predicted octanol–water partition coefficient (Wildman–Crippen LogP) is 3.37. The van der Waals surface area contributed by atoms with Crippen LogP contribution < -0.4 is 5.32 Å². The van der Waals surface area contributed by atoms with Gasteiger partial charge in [0, 0.05) is 24.3 Å². The van der Waals surface area contributed by atoms with Gasteiger partial charge >= 0.3 is 0 Å². The molecular weight excluding hydrogens is 325 g/mol. The Bertz CT molecular complexity index is 667. The number of benzene rings is 1. The number of nitrogens with zero attached hydrogens (tertiary/aromatic N) is 2. The average molecular weight is 349 g/mol. The van der Waals surface area contributed by atoms with E-state index in [1.165, 1.54) is 12.1 Å². The fourth-order valence-electron chi connectivity index (χ4n) is 2.44. The molecule has 0 aliphatic heterocycles. The van der Waals surface area contributed by atoms with Crippen molar-refractivity contribution in [2.75, 3.05) is 20.6 Å². The fraction of sp³-hybridized carbons (Fsp3) is 0.444. The minimum Gasteiger partial charge on any atom is -0.354 e. The van der Waals surface area contributed by atoms with Crippen molar-refractivity contribution in [1.82, 2.24) is 15.2 Å². The summed E-state index contributed by atoms with van der Waals surface area (Å²) in [5.74, 6) is 0.0296. The van der Waals surface area contributed by atoms with Crippen LogP contribution in [0.2, 0.25) is 0 Å². The van der Waals surface area contributed by atoms with E-state index in [0.29, 0.717) is 18.9 Å². The Morgan fingerprint density at radius 1 is 1.29 bits per heavy atom. The SMILES string of the molecule is CC(C)c1nc(CCNC(=O)[C@@H](c2ccc(F)cc2)N(C)C)cs1. The van der Waals surface area contributed by atoms with Crippen molar-refractivity contribution in [3.8, 4) is 0 Å². The first-order valence-electron chi connectivity index (χ1n) is 8.02. The third kappa shape index (κ3) is 4.85. The number of hydrogen-bond donors (Lipinski definition) is 1. The maximum Gasteiger partial charge on any atom is 0.241 e. The van der Waals surface area contributed by atoms with E-state index in [1.807, 2.05) is 24.4 Å². The minimum atomic E-state index is -0.438. The smallest absolute Gasteiger partial charge is 0.241 e. The molecule has 2 aromatic rings. The molecule has 1 atom stereocenters. The standard InChI is InChI=1S/C18H24FN3OS/c1-12(2)18-21-15(11-24-18)9-10-20-17(23)16(22(3)4)13-5-7-14(19)8-6-13/h5-8,11-12,16H,9-10H2,1-4H3,(H,20,23)/t16-/m1/s1. The van der Waals surface area contributed by atoms with E-state index < -0.39 is 6.04 Å². The molecule has 0 aliphatic carbocycles. The van der Waals surface area contributed by atoms with Crippen LogP contribution in [-0.2, 0) is 11.2 Å². The molecule has 1 N–H and O–H groups in total. The molecule has 0 fully saturated rings. The van der Waals surface area contributed by atoms with Gasteiger partial charge in [0.25, 0.3) is 0 Å². The molecule has 0 bridgehead atoms. The Balaban J connectivity index is 1.94. The summed E-state index contributed by atoms with van der Waals surface area (Å²) in [5.41, 5.74) is 1.78. The predicted molar refractivity (Wildman–Crippen MR) is 95.7 cm³/mol. The topological polar surface area (TPSA) is 45.2 Å². The average Bonchev–Trinajstić information content (AvgIpc) is 2.98. The molecule has 24 heavy (non-hydrogen) atoms. The summed E-state index contributed by atoms with van der Waals surface area (Å²) >= 11 is 1.66. The molecule has 1 heterocycles. The van der Waals surface area contributed by atoms with Crippen LogP contribution in [0, 0.1) is 5.82 Å². The van der Waals surface area contributed by atoms with E-state index in [9.17, 15) is 9.18 Å². The van der Waals surface area contributed by atoms with Crippen LogP contribution in [0.4, 0.5) is 4.39 Å². The highest BCUT2D eigenvalue weighted by Crippen LogP contribution is 2.20. The lowest BCUT2D eigenvalue weighted by atomic mass is 10.1. The van der Waals surface area contributed by atoms with Crippen LogP contribution >= 0.6 is 11.3 Å². The molecule has 0 saturated carbocycles. The summed E-state index contributed by atoms with van der Waals surface area (Å²) in [5, 5.41) is 6.12. The van der Waals surface area contributed by atoms with Gasteiger partial charge < -0.3 is 5.32 Å². The first-order valence-corrected chi connectivity index (χ1v) is 8.90. The van der Waals surface area contributed by atoms with Crippen molar-refractivity contribution < 1.29 is 9.18 Å². The third-order valence-corrected chi connectivity index (χ3v) is 4.89. The monoisotopic (exact) mass is 349 g/mol. The zero-order valence-corrected chi connectivity index (χ0v) is 15.4. The highest BCUT2D eigenvalue weighted by Gasteiger charge is 2.22. The molecular formula is C18H24FN3OS. The first-order chi connectivity index (χ1) is 11.4. The van der Waals surface area contributed by atoms with Crippen molar-refractivity contribution in [1.29, 1.82) is 0 Å². The van der Waals surface area contributed by atoms with E-state index in [4.69, 9.17) is 0 Å². The number of hydrogen-bond acceptors (Lipinski definition) is 4. The Morgan fingerprint density at radius 3 is 2.50 bits per heavy atom. The van der Waals surface area contributed by atoms with Crippen LogP contribution in [0.1, 0.15) is 42.1 Å². The molecule has 4 nitrogen and oxygen atoms in total. The molecule has 1 aromatic heterocycles. The van der Waals surface area contributed by atoms with E-state index in [1.54, 1.807) is 23.5 Å². The van der Waals surface area contributed by atoms with Gasteiger partial charge in [-0.05, 0) is 31.8 Å². The largest absolute Gasteiger partial charge is 0.354 e. The summed E-state index contributed by atoms with van der Waals surface area (Å²) in [7, 11) is 3.67. The van der Waals surface area contributed by atoms with Gasteiger partial charge in [0.05, 0.1) is 10.7 Å². The fourth-order valence-corrected chi connectivity index (χ4v) is 3.31. The molecule has 0 radical (unpaired) electrons. The molecule has 0 saturated heterocycles. The van der Waals surface area contributed by atoms with E-state index in [2.05, 4.69) is 24.1 Å². The van der Waals surface area contributed by atoms with Crippen LogP contribution in [-0.4, -0.2) is 36.4 Å². The van der Waals surface area contributed by atoms with Crippen LogP contribution in [0.3, 0.4) is 0 Å². The van der Waals surface area contributed by atoms with Gasteiger partial charge in [-0.1, -0.05) is 26.0 Å². The number of halogens is 1. The second-order valence-electron chi connectivity index (χ2n) is 6.29. The van der Waals surface area contributed by atoms with Gasteiger partial charge in [0.15, 0.2) is 0 Å². The number of likely N-dealkylation sites (N-methyl/N-ethyl adjacent to an activating group) is 1. The molecule has 0 unspecified atom stereocenters. The van der Waals surface area contributed by atoms with Crippen LogP contribution in [0.5, 0.6) is 0 Å². The van der Waals surface area contributed by atoms with Gasteiger partial charge in [0.1, 0.15) is 11.9 Å². The lowest BCUT2D eigenvalue weighted by Gasteiger charge is -2.23. The quantitative estimate of drug-likeness (QED) is 0.834. The highest BCUT2D eigenvalue weighted by molar-refractivity contribution is 7.09. The van der Waals surface area contributed by atoms with E-state index in [0.717, 1.165) is 16.3 Å². The maximum absolute atomic E-state index is 13.1. The molecule has 0 spiro atoms. The number of thiazole rings is 1.